The molecular weight excluding hydrogens is 296 g/mol. The maximum Gasteiger partial charge on any atom is 0.233 e. The van der Waals surface area contributed by atoms with Crippen molar-refractivity contribution < 1.29 is 19.0 Å². The fourth-order valence-electron chi connectivity index (χ4n) is 2.79. The lowest BCUT2D eigenvalue weighted by molar-refractivity contribution is -0.130. The lowest BCUT2D eigenvalue weighted by atomic mass is 9.78. The maximum absolute atomic E-state index is 12.8. The Labute approximate surface area is 137 Å². The van der Waals surface area contributed by atoms with Gasteiger partial charge in [0, 0.05) is 26.0 Å². The topological polar surface area (TPSA) is 68.8 Å². The van der Waals surface area contributed by atoms with Crippen LogP contribution in [0.15, 0.2) is 24.3 Å². The molecule has 0 aliphatic carbocycles. The van der Waals surface area contributed by atoms with Gasteiger partial charge >= 0.3 is 0 Å². The normalized spacial score (nSPS) is 16.8. The fraction of sp³-hybridized carbons (Fsp3) is 0.588. The molecule has 1 fully saturated rings. The number of hydrogen-bond donors (Lipinski definition) is 2. The van der Waals surface area contributed by atoms with Crippen molar-refractivity contribution in [2.45, 2.75) is 12.8 Å². The maximum atomic E-state index is 12.8. The van der Waals surface area contributed by atoms with Crippen LogP contribution < -0.4 is 15.4 Å². The van der Waals surface area contributed by atoms with Gasteiger partial charge in [-0.2, -0.15) is 0 Å². The fourth-order valence-corrected chi connectivity index (χ4v) is 2.79. The number of hydrogen-bond acceptors (Lipinski definition) is 5. The molecule has 1 aromatic carbocycles. The van der Waals surface area contributed by atoms with Crippen LogP contribution in [0.2, 0.25) is 0 Å². The molecule has 6 nitrogen and oxygen atoms in total. The molecule has 1 heterocycles. The summed E-state index contributed by atoms with van der Waals surface area (Å²) in [6.07, 6.45) is 1.55. The van der Waals surface area contributed by atoms with Crippen LogP contribution in [0.3, 0.4) is 0 Å². The van der Waals surface area contributed by atoms with Gasteiger partial charge in [-0.15, -0.1) is 0 Å². The van der Waals surface area contributed by atoms with Gasteiger partial charge in [-0.1, -0.05) is 6.07 Å². The number of benzene rings is 1. The summed E-state index contributed by atoms with van der Waals surface area (Å²) < 4.78 is 15.8. The third kappa shape index (κ3) is 4.92. The van der Waals surface area contributed by atoms with Crippen molar-refractivity contribution in [2.24, 2.45) is 5.41 Å². The van der Waals surface area contributed by atoms with E-state index in [0.29, 0.717) is 25.6 Å². The summed E-state index contributed by atoms with van der Waals surface area (Å²) in [4.78, 5) is 12.8. The quantitative estimate of drug-likeness (QED) is 0.713. The molecule has 0 unspecified atom stereocenters. The molecule has 1 aliphatic rings. The summed E-state index contributed by atoms with van der Waals surface area (Å²) >= 11 is 0. The smallest absolute Gasteiger partial charge is 0.233 e. The molecule has 1 amide bonds. The van der Waals surface area contributed by atoms with Crippen LogP contribution in [0, 0.1) is 5.41 Å². The molecule has 1 saturated heterocycles. The second-order valence-corrected chi connectivity index (χ2v) is 5.79. The van der Waals surface area contributed by atoms with Crippen LogP contribution in [-0.4, -0.2) is 53.0 Å². The van der Waals surface area contributed by atoms with Crippen molar-refractivity contribution in [3.05, 3.63) is 24.3 Å². The van der Waals surface area contributed by atoms with E-state index in [1.54, 1.807) is 14.2 Å². The minimum Gasteiger partial charge on any atom is -0.491 e. The molecule has 23 heavy (non-hydrogen) atoms. The first-order chi connectivity index (χ1) is 11.2. The number of carbonyl (C=O) groups is 1. The zero-order valence-electron chi connectivity index (χ0n) is 13.9. The monoisotopic (exact) mass is 322 g/mol. The minimum atomic E-state index is -0.465. The van der Waals surface area contributed by atoms with Gasteiger partial charge in [0.25, 0.3) is 0 Å². The molecule has 0 atom stereocenters. The van der Waals surface area contributed by atoms with E-state index in [1.807, 2.05) is 24.3 Å². The Balaban J connectivity index is 2.01. The molecule has 1 aliphatic heterocycles. The first kappa shape index (κ1) is 17.7. The number of anilines is 1. The van der Waals surface area contributed by atoms with Crippen LogP contribution >= 0.6 is 0 Å². The molecule has 128 valence electrons. The molecule has 2 N–H and O–H groups in total. The Morgan fingerprint density at radius 2 is 2.00 bits per heavy atom. The second-order valence-electron chi connectivity index (χ2n) is 5.79. The van der Waals surface area contributed by atoms with Crippen LogP contribution in [-0.2, 0) is 14.3 Å². The van der Waals surface area contributed by atoms with Crippen LogP contribution in [0.1, 0.15) is 12.8 Å². The number of ether oxygens (including phenoxy) is 3. The zero-order chi connectivity index (χ0) is 16.5. The van der Waals surface area contributed by atoms with Gasteiger partial charge in [-0.3, -0.25) is 4.79 Å². The standard InChI is InChI=1S/C17H26N2O4/c1-21-10-11-23-15-5-3-4-14(12-15)19-16(20)17(13-22-2)6-8-18-9-7-17/h3-5,12,18H,6-11,13H2,1-2H3,(H,19,20). The molecule has 0 radical (unpaired) electrons. The van der Waals surface area contributed by atoms with E-state index < -0.39 is 5.41 Å². The Bertz CT molecular complexity index is 496. The highest BCUT2D eigenvalue weighted by atomic mass is 16.5. The molecule has 2 rings (SSSR count). The molecule has 0 saturated carbocycles. The summed E-state index contributed by atoms with van der Waals surface area (Å²) in [6.45, 7) is 3.10. The van der Waals surface area contributed by atoms with Gasteiger partial charge in [0.1, 0.15) is 12.4 Å². The third-order valence-electron chi connectivity index (χ3n) is 4.11. The highest BCUT2D eigenvalue weighted by Gasteiger charge is 2.39. The summed E-state index contributed by atoms with van der Waals surface area (Å²) in [7, 11) is 3.27. The van der Waals surface area contributed by atoms with Crippen LogP contribution in [0.4, 0.5) is 5.69 Å². The Morgan fingerprint density at radius 3 is 2.70 bits per heavy atom. The average Bonchev–Trinajstić information content (AvgIpc) is 2.56. The Morgan fingerprint density at radius 1 is 1.22 bits per heavy atom. The van der Waals surface area contributed by atoms with Crippen LogP contribution in [0.5, 0.6) is 5.75 Å². The van der Waals surface area contributed by atoms with E-state index in [0.717, 1.165) is 31.6 Å². The van der Waals surface area contributed by atoms with E-state index in [9.17, 15) is 4.79 Å². The van der Waals surface area contributed by atoms with Crippen molar-refractivity contribution in [2.75, 3.05) is 52.4 Å². The highest BCUT2D eigenvalue weighted by Crippen LogP contribution is 2.31. The number of methoxy groups -OCH3 is 2. The van der Waals surface area contributed by atoms with E-state index in [-0.39, 0.29) is 5.91 Å². The predicted octanol–water partition coefficient (Wildman–Crippen LogP) is 1.67. The van der Waals surface area contributed by atoms with E-state index >= 15 is 0 Å². The van der Waals surface area contributed by atoms with Crippen molar-refractivity contribution in [1.29, 1.82) is 0 Å². The van der Waals surface area contributed by atoms with Crippen molar-refractivity contribution in [3.8, 4) is 5.75 Å². The Hall–Kier alpha value is -1.63. The molecule has 0 spiro atoms. The summed E-state index contributed by atoms with van der Waals surface area (Å²) in [6, 6.07) is 7.42. The average molecular weight is 322 g/mol. The van der Waals surface area contributed by atoms with E-state index in [4.69, 9.17) is 14.2 Å². The molecule has 0 aromatic heterocycles. The first-order valence-corrected chi connectivity index (χ1v) is 7.93. The van der Waals surface area contributed by atoms with Gasteiger partial charge in [0.15, 0.2) is 0 Å². The minimum absolute atomic E-state index is 0.00916. The lowest BCUT2D eigenvalue weighted by Gasteiger charge is -2.35. The van der Waals surface area contributed by atoms with Crippen molar-refractivity contribution >= 4 is 11.6 Å². The second kappa shape index (κ2) is 8.86. The van der Waals surface area contributed by atoms with Gasteiger partial charge < -0.3 is 24.8 Å². The summed E-state index contributed by atoms with van der Waals surface area (Å²) in [5, 5.41) is 6.30. The van der Waals surface area contributed by atoms with Crippen molar-refractivity contribution in [3.63, 3.8) is 0 Å². The molecule has 0 bridgehead atoms. The Kier molecular flexibility index (Phi) is 6.83. The van der Waals surface area contributed by atoms with Gasteiger partial charge in [-0.25, -0.2) is 0 Å². The largest absolute Gasteiger partial charge is 0.491 e. The van der Waals surface area contributed by atoms with Crippen molar-refractivity contribution in [1.82, 2.24) is 5.32 Å². The van der Waals surface area contributed by atoms with E-state index in [2.05, 4.69) is 10.6 Å². The van der Waals surface area contributed by atoms with Crippen LogP contribution in [0.25, 0.3) is 0 Å². The van der Waals surface area contributed by atoms with Gasteiger partial charge in [-0.05, 0) is 38.1 Å². The molecular formula is C17H26N2O4. The number of carbonyl (C=O) groups excluding carboxylic acids is 1. The summed E-state index contributed by atoms with van der Waals surface area (Å²) in [5.74, 6) is 0.723. The van der Waals surface area contributed by atoms with Gasteiger partial charge in [0.2, 0.25) is 5.91 Å². The highest BCUT2D eigenvalue weighted by molar-refractivity contribution is 5.95. The number of nitrogens with one attached hydrogen (secondary N) is 2. The van der Waals surface area contributed by atoms with Gasteiger partial charge in [0.05, 0.1) is 18.6 Å². The number of amides is 1. The molecule has 6 heteroatoms. The lowest BCUT2D eigenvalue weighted by Crippen LogP contribution is -2.47. The zero-order valence-corrected chi connectivity index (χ0v) is 13.9. The molecule has 1 aromatic rings. The first-order valence-electron chi connectivity index (χ1n) is 7.93. The number of piperidine rings is 1. The van der Waals surface area contributed by atoms with E-state index in [1.165, 1.54) is 0 Å². The summed E-state index contributed by atoms with van der Waals surface area (Å²) in [5.41, 5.74) is 0.270. The SMILES string of the molecule is COCCOc1cccc(NC(=O)C2(COC)CCNCC2)c1. The number of rotatable bonds is 8. The predicted molar refractivity (Wildman–Crippen MR) is 88.9 cm³/mol. The third-order valence-corrected chi connectivity index (χ3v) is 4.11.